The van der Waals surface area contributed by atoms with E-state index in [2.05, 4.69) is 5.32 Å². The van der Waals surface area contributed by atoms with Crippen molar-refractivity contribution < 1.29 is 10.0 Å². The van der Waals surface area contributed by atoms with Crippen LogP contribution in [0, 0.1) is 17.0 Å². The fourth-order valence-electron chi connectivity index (χ4n) is 1.93. The van der Waals surface area contributed by atoms with Crippen LogP contribution in [0.1, 0.15) is 16.7 Å². The topological polar surface area (TPSA) is 75.4 Å². The number of nitro benzene ring substituents is 1. The second-order valence-electron chi connectivity index (χ2n) is 4.66. The van der Waals surface area contributed by atoms with E-state index < -0.39 is 4.92 Å². The molecule has 0 spiro atoms. The number of aryl methyl sites for hydroxylation is 1. The molecule has 20 heavy (non-hydrogen) atoms. The SMILES string of the molecule is Cc1ccc(O)c(CNCc2ccc([N+](=O)[O-])cc2)c1. The molecule has 0 bridgehead atoms. The summed E-state index contributed by atoms with van der Waals surface area (Å²) < 4.78 is 0. The molecule has 5 heteroatoms. The monoisotopic (exact) mass is 272 g/mol. The molecule has 2 N–H and O–H groups in total. The van der Waals surface area contributed by atoms with Gasteiger partial charge < -0.3 is 10.4 Å². The van der Waals surface area contributed by atoms with Crippen LogP contribution in [0.3, 0.4) is 0 Å². The molecule has 0 saturated heterocycles. The van der Waals surface area contributed by atoms with E-state index in [4.69, 9.17) is 0 Å². The normalized spacial score (nSPS) is 10.4. The lowest BCUT2D eigenvalue weighted by molar-refractivity contribution is -0.384. The van der Waals surface area contributed by atoms with Crippen LogP contribution in [0.2, 0.25) is 0 Å². The zero-order valence-corrected chi connectivity index (χ0v) is 11.2. The Kier molecular flexibility index (Phi) is 4.32. The van der Waals surface area contributed by atoms with Crippen LogP contribution >= 0.6 is 0 Å². The number of hydrogen-bond donors (Lipinski definition) is 2. The highest BCUT2D eigenvalue weighted by molar-refractivity contribution is 5.36. The number of nitrogens with one attached hydrogen (secondary N) is 1. The zero-order chi connectivity index (χ0) is 14.5. The predicted octanol–water partition coefficient (Wildman–Crippen LogP) is 2.90. The van der Waals surface area contributed by atoms with E-state index in [0.29, 0.717) is 13.1 Å². The third-order valence-electron chi connectivity index (χ3n) is 3.03. The third kappa shape index (κ3) is 3.55. The summed E-state index contributed by atoms with van der Waals surface area (Å²) >= 11 is 0. The van der Waals surface area contributed by atoms with Gasteiger partial charge in [-0.15, -0.1) is 0 Å². The van der Waals surface area contributed by atoms with Crippen molar-refractivity contribution in [3.63, 3.8) is 0 Å². The maximum Gasteiger partial charge on any atom is 0.269 e. The van der Waals surface area contributed by atoms with Gasteiger partial charge in [0.05, 0.1) is 4.92 Å². The highest BCUT2D eigenvalue weighted by Crippen LogP contribution is 2.18. The molecule has 0 atom stereocenters. The molecule has 5 nitrogen and oxygen atoms in total. The lowest BCUT2D eigenvalue weighted by Crippen LogP contribution is -2.12. The molecule has 2 rings (SSSR count). The van der Waals surface area contributed by atoms with Crippen molar-refractivity contribution in [3.8, 4) is 5.75 Å². The number of aromatic hydroxyl groups is 1. The zero-order valence-electron chi connectivity index (χ0n) is 11.2. The molecule has 0 saturated carbocycles. The van der Waals surface area contributed by atoms with Crippen LogP contribution in [-0.2, 0) is 13.1 Å². The Labute approximate surface area is 117 Å². The van der Waals surface area contributed by atoms with Crippen LogP contribution in [0.5, 0.6) is 5.75 Å². The average Bonchev–Trinajstić information content (AvgIpc) is 2.43. The molecule has 0 aliphatic rings. The van der Waals surface area contributed by atoms with E-state index in [1.807, 2.05) is 19.1 Å². The lowest BCUT2D eigenvalue weighted by atomic mass is 10.1. The minimum Gasteiger partial charge on any atom is -0.508 e. The molecule has 0 fully saturated rings. The molecule has 2 aromatic rings. The Morgan fingerprint density at radius 1 is 1.15 bits per heavy atom. The van der Waals surface area contributed by atoms with Gasteiger partial charge in [-0.1, -0.05) is 29.8 Å². The first-order valence-corrected chi connectivity index (χ1v) is 6.29. The molecule has 0 aliphatic heterocycles. The molecule has 0 aromatic heterocycles. The second-order valence-corrected chi connectivity index (χ2v) is 4.66. The summed E-state index contributed by atoms with van der Waals surface area (Å²) in [6, 6.07) is 11.9. The third-order valence-corrected chi connectivity index (χ3v) is 3.03. The molecular formula is C15H16N2O3. The average molecular weight is 272 g/mol. The molecule has 0 radical (unpaired) electrons. The number of nitro groups is 1. The van der Waals surface area contributed by atoms with Gasteiger partial charge >= 0.3 is 0 Å². The summed E-state index contributed by atoms with van der Waals surface area (Å²) in [5, 5.41) is 23.5. The summed E-state index contributed by atoms with van der Waals surface area (Å²) in [5.41, 5.74) is 2.98. The first kappa shape index (κ1) is 14.0. The molecular weight excluding hydrogens is 256 g/mol. The molecule has 2 aromatic carbocycles. The van der Waals surface area contributed by atoms with Gasteiger partial charge in [0.1, 0.15) is 5.75 Å². The molecule has 0 amide bonds. The summed E-state index contributed by atoms with van der Waals surface area (Å²) in [4.78, 5) is 10.1. The van der Waals surface area contributed by atoms with E-state index >= 15 is 0 Å². The lowest BCUT2D eigenvalue weighted by Gasteiger charge is -2.08. The van der Waals surface area contributed by atoms with E-state index in [-0.39, 0.29) is 11.4 Å². The Bertz CT molecular complexity index is 609. The number of rotatable bonds is 5. The summed E-state index contributed by atoms with van der Waals surface area (Å²) in [6.45, 7) is 3.11. The van der Waals surface area contributed by atoms with Crippen LogP contribution in [-0.4, -0.2) is 10.0 Å². The van der Waals surface area contributed by atoms with E-state index in [1.165, 1.54) is 12.1 Å². The van der Waals surface area contributed by atoms with Crippen molar-refractivity contribution in [2.24, 2.45) is 0 Å². The van der Waals surface area contributed by atoms with Crippen LogP contribution < -0.4 is 5.32 Å². The number of non-ortho nitro benzene ring substituents is 1. The molecule has 0 unspecified atom stereocenters. The van der Waals surface area contributed by atoms with Crippen LogP contribution in [0.4, 0.5) is 5.69 Å². The summed E-state index contributed by atoms with van der Waals surface area (Å²) in [5.74, 6) is 0.270. The van der Waals surface area contributed by atoms with E-state index in [9.17, 15) is 15.2 Å². The highest BCUT2D eigenvalue weighted by atomic mass is 16.6. The van der Waals surface area contributed by atoms with Crippen LogP contribution in [0.25, 0.3) is 0 Å². The number of phenolic OH excluding ortho intramolecular Hbond substituents is 1. The van der Waals surface area contributed by atoms with Gasteiger partial charge in [0.15, 0.2) is 0 Å². The largest absolute Gasteiger partial charge is 0.508 e. The predicted molar refractivity (Wildman–Crippen MR) is 76.5 cm³/mol. The molecule has 0 heterocycles. The van der Waals surface area contributed by atoms with E-state index in [0.717, 1.165) is 16.7 Å². The highest BCUT2D eigenvalue weighted by Gasteiger charge is 2.04. The van der Waals surface area contributed by atoms with Gasteiger partial charge in [0, 0.05) is 30.8 Å². The Hall–Kier alpha value is -2.40. The van der Waals surface area contributed by atoms with Crippen molar-refractivity contribution >= 4 is 5.69 Å². The minimum atomic E-state index is -0.415. The van der Waals surface area contributed by atoms with Crippen molar-refractivity contribution in [2.75, 3.05) is 0 Å². The summed E-state index contributed by atoms with van der Waals surface area (Å²) in [6.07, 6.45) is 0. The molecule has 0 aliphatic carbocycles. The number of hydrogen-bond acceptors (Lipinski definition) is 4. The maximum atomic E-state index is 10.5. The smallest absolute Gasteiger partial charge is 0.269 e. The Morgan fingerprint density at radius 3 is 2.50 bits per heavy atom. The van der Waals surface area contributed by atoms with Crippen LogP contribution in [0.15, 0.2) is 42.5 Å². The van der Waals surface area contributed by atoms with Gasteiger partial charge in [-0.3, -0.25) is 10.1 Å². The molecule has 104 valence electrons. The Morgan fingerprint density at radius 2 is 1.85 bits per heavy atom. The maximum absolute atomic E-state index is 10.5. The van der Waals surface area contributed by atoms with Crippen molar-refractivity contribution in [3.05, 3.63) is 69.3 Å². The summed E-state index contributed by atoms with van der Waals surface area (Å²) in [7, 11) is 0. The second kappa shape index (κ2) is 6.16. The van der Waals surface area contributed by atoms with Gasteiger partial charge in [0.25, 0.3) is 5.69 Å². The van der Waals surface area contributed by atoms with E-state index in [1.54, 1.807) is 18.2 Å². The Balaban J connectivity index is 1.92. The van der Waals surface area contributed by atoms with Gasteiger partial charge in [0.2, 0.25) is 0 Å². The van der Waals surface area contributed by atoms with Gasteiger partial charge in [-0.05, 0) is 18.6 Å². The first-order chi connectivity index (χ1) is 9.56. The minimum absolute atomic E-state index is 0.0880. The standard InChI is InChI=1S/C15H16N2O3/c1-11-2-7-15(18)13(8-11)10-16-9-12-3-5-14(6-4-12)17(19)20/h2-8,16,18H,9-10H2,1H3. The van der Waals surface area contributed by atoms with Crippen molar-refractivity contribution in [2.45, 2.75) is 20.0 Å². The van der Waals surface area contributed by atoms with Gasteiger partial charge in [-0.2, -0.15) is 0 Å². The first-order valence-electron chi connectivity index (χ1n) is 6.29. The van der Waals surface area contributed by atoms with Gasteiger partial charge in [-0.25, -0.2) is 0 Å². The van der Waals surface area contributed by atoms with Crippen molar-refractivity contribution in [1.82, 2.24) is 5.32 Å². The quantitative estimate of drug-likeness (QED) is 0.648. The fourth-order valence-corrected chi connectivity index (χ4v) is 1.93. The van der Waals surface area contributed by atoms with Crippen molar-refractivity contribution in [1.29, 1.82) is 0 Å². The number of benzene rings is 2. The number of nitrogens with zero attached hydrogens (tertiary/aromatic N) is 1. The fraction of sp³-hybridized carbons (Fsp3) is 0.200. The number of phenols is 1.